The lowest BCUT2D eigenvalue weighted by Gasteiger charge is -2.10. The molecule has 1 amide bonds. The molecule has 1 aliphatic rings. The van der Waals surface area contributed by atoms with Crippen molar-refractivity contribution in [3.8, 4) is 6.07 Å². The van der Waals surface area contributed by atoms with E-state index in [1.54, 1.807) is 18.3 Å². The molecule has 1 aliphatic heterocycles. The molecule has 1 aromatic heterocycles. The summed E-state index contributed by atoms with van der Waals surface area (Å²) in [5.74, 6) is 0.202. The zero-order valence-electron chi connectivity index (χ0n) is 10.5. The van der Waals surface area contributed by atoms with Gasteiger partial charge in [-0.05, 0) is 25.0 Å². The fraction of sp³-hybridized carbons (Fsp3) is 0.462. The van der Waals surface area contributed by atoms with Crippen LogP contribution in [-0.4, -0.2) is 35.9 Å². The smallest absolute Gasteiger partial charge is 0.230 e. The Morgan fingerprint density at radius 2 is 2.58 bits per heavy atom. The number of thioether (sulfide) groups is 1. The van der Waals surface area contributed by atoms with Crippen molar-refractivity contribution < 1.29 is 9.53 Å². The topological polar surface area (TPSA) is 75.0 Å². The van der Waals surface area contributed by atoms with Crippen molar-refractivity contribution in [2.45, 2.75) is 24.0 Å². The molecule has 1 saturated heterocycles. The normalized spacial score (nSPS) is 17.9. The number of carbonyl (C=O) groups is 1. The number of hydrogen-bond acceptors (Lipinski definition) is 5. The van der Waals surface area contributed by atoms with Crippen LogP contribution in [0, 0.1) is 11.3 Å². The number of rotatable bonds is 5. The molecule has 0 spiro atoms. The molecule has 2 heterocycles. The fourth-order valence-electron chi connectivity index (χ4n) is 1.81. The van der Waals surface area contributed by atoms with E-state index in [4.69, 9.17) is 10.00 Å². The van der Waals surface area contributed by atoms with Crippen LogP contribution < -0.4 is 5.32 Å². The molecule has 1 N–H and O–H groups in total. The van der Waals surface area contributed by atoms with E-state index < -0.39 is 0 Å². The molecule has 5 nitrogen and oxygen atoms in total. The summed E-state index contributed by atoms with van der Waals surface area (Å²) in [6.45, 7) is 1.35. The molecule has 1 atom stereocenters. The number of carbonyl (C=O) groups excluding carboxylic acids is 1. The Labute approximate surface area is 116 Å². The minimum atomic E-state index is -0.0601. The molecular weight excluding hydrogens is 262 g/mol. The van der Waals surface area contributed by atoms with Gasteiger partial charge >= 0.3 is 0 Å². The minimum Gasteiger partial charge on any atom is -0.376 e. The third-order valence-corrected chi connectivity index (χ3v) is 3.79. The molecule has 0 unspecified atom stereocenters. The van der Waals surface area contributed by atoms with E-state index in [-0.39, 0.29) is 17.8 Å². The zero-order chi connectivity index (χ0) is 13.5. The van der Waals surface area contributed by atoms with Crippen LogP contribution in [0.15, 0.2) is 23.4 Å². The van der Waals surface area contributed by atoms with Crippen LogP contribution in [0.5, 0.6) is 0 Å². The second kappa shape index (κ2) is 7.12. The number of pyridine rings is 1. The third kappa shape index (κ3) is 4.23. The highest BCUT2D eigenvalue weighted by Gasteiger charge is 2.16. The van der Waals surface area contributed by atoms with Crippen LogP contribution in [0.25, 0.3) is 0 Å². The molecule has 2 rings (SSSR count). The van der Waals surface area contributed by atoms with Gasteiger partial charge in [0.1, 0.15) is 11.1 Å². The molecule has 1 aromatic rings. The quantitative estimate of drug-likeness (QED) is 0.822. The van der Waals surface area contributed by atoms with Gasteiger partial charge in [-0.15, -0.1) is 0 Å². The second-order valence-corrected chi connectivity index (χ2v) is 5.16. The first-order chi connectivity index (χ1) is 9.29. The van der Waals surface area contributed by atoms with Crippen LogP contribution in [-0.2, 0) is 9.53 Å². The maximum Gasteiger partial charge on any atom is 0.230 e. The summed E-state index contributed by atoms with van der Waals surface area (Å²) in [5, 5.41) is 12.3. The van der Waals surface area contributed by atoms with Gasteiger partial charge in [-0.3, -0.25) is 4.79 Å². The summed E-state index contributed by atoms with van der Waals surface area (Å²) >= 11 is 1.28. The highest BCUT2D eigenvalue weighted by Crippen LogP contribution is 2.18. The van der Waals surface area contributed by atoms with Crippen molar-refractivity contribution >= 4 is 17.7 Å². The van der Waals surface area contributed by atoms with Gasteiger partial charge < -0.3 is 10.1 Å². The average molecular weight is 277 g/mol. The molecule has 100 valence electrons. The molecule has 1 fully saturated rings. The molecular formula is C13H15N3O2S. The van der Waals surface area contributed by atoms with E-state index in [1.165, 1.54) is 11.8 Å². The lowest BCUT2D eigenvalue weighted by Crippen LogP contribution is -2.32. The fourth-order valence-corrected chi connectivity index (χ4v) is 2.58. The van der Waals surface area contributed by atoms with Gasteiger partial charge in [-0.2, -0.15) is 5.26 Å². The van der Waals surface area contributed by atoms with Crippen molar-refractivity contribution in [2.24, 2.45) is 0 Å². The summed E-state index contributed by atoms with van der Waals surface area (Å²) in [6, 6.07) is 5.46. The van der Waals surface area contributed by atoms with E-state index in [1.807, 2.05) is 0 Å². The lowest BCUT2D eigenvalue weighted by molar-refractivity contribution is -0.119. The summed E-state index contributed by atoms with van der Waals surface area (Å²) in [7, 11) is 0. The van der Waals surface area contributed by atoms with Gasteiger partial charge in [-0.25, -0.2) is 4.98 Å². The van der Waals surface area contributed by atoms with Gasteiger partial charge in [0.05, 0.1) is 17.4 Å². The van der Waals surface area contributed by atoms with Crippen LogP contribution in [0.1, 0.15) is 18.4 Å². The lowest BCUT2D eigenvalue weighted by atomic mass is 10.2. The van der Waals surface area contributed by atoms with Gasteiger partial charge in [-0.1, -0.05) is 11.8 Å². The van der Waals surface area contributed by atoms with Crippen molar-refractivity contribution in [1.29, 1.82) is 5.26 Å². The first kappa shape index (κ1) is 13.8. The number of ether oxygens (including phenoxy) is 1. The standard InChI is InChI=1S/C13H15N3O2S/c14-7-10-3-1-5-15-13(10)19-9-12(17)16-8-11-4-2-6-18-11/h1,3,5,11H,2,4,6,8-9H2,(H,16,17)/t11-/m0/s1. The summed E-state index contributed by atoms with van der Waals surface area (Å²) in [5.41, 5.74) is 0.499. The molecule has 19 heavy (non-hydrogen) atoms. The van der Waals surface area contributed by atoms with Crippen molar-refractivity contribution in [1.82, 2.24) is 10.3 Å². The molecule has 0 radical (unpaired) electrons. The SMILES string of the molecule is N#Cc1cccnc1SCC(=O)NC[C@@H]1CCCO1. The van der Waals surface area contributed by atoms with E-state index in [2.05, 4.69) is 16.4 Å². The Balaban J connectivity index is 1.75. The maximum atomic E-state index is 11.7. The Morgan fingerprint density at radius 1 is 1.68 bits per heavy atom. The first-order valence-electron chi connectivity index (χ1n) is 6.16. The van der Waals surface area contributed by atoms with Gasteiger partial charge in [0, 0.05) is 19.3 Å². The number of aromatic nitrogens is 1. The number of nitrogens with zero attached hydrogens (tertiary/aromatic N) is 2. The van der Waals surface area contributed by atoms with E-state index >= 15 is 0 Å². The number of nitrogens with one attached hydrogen (secondary N) is 1. The van der Waals surface area contributed by atoms with E-state index in [9.17, 15) is 4.79 Å². The molecule has 0 aromatic carbocycles. The Hall–Kier alpha value is -1.58. The predicted molar refractivity (Wildman–Crippen MR) is 71.7 cm³/mol. The summed E-state index contributed by atoms with van der Waals surface area (Å²) in [4.78, 5) is 15.8. The van der Waals surface area contributed by atoms with Crippen LogP contribution in [0.3, 0.4) is 0 Å². The van der Waals surface area contributed by atoms with Crippen LogP contribution in [0.2, 0.25) is 0 Å². The summed E-state index contributed by atoms with van der Waals surface area (Å²) < 4.78 is 5.43. The van der Waals surface area contributed by atoms with E-state index in [0.717, 1.165) is 19.4 Å². The van der Waals surface area contributed by atoms with Gasteiger partial charge in [0.2, 0.25) is 5.91 Å². The number of hydrogen-bond donors (Lipinski definition) is 1. The third-order valence-electron chi connectivity index (χ3n) is 2.78. The number of amides is 1. The first-order valence-corrected chi connectivity index (χ1v) is 7.14. The highest BCUT2D eigenvalue weighted by molar-refractivity contribution is 7.99. The van der Waals surface area contributed by atoms with Crippen molar-refractivity contribution in [2.75, 3.05) is 18.9 Å². The Kier molecular flexibility index (Phi) is 5.19. The highest BCUT2D eigenvalue weighted by atomic mass is 32.2. The van der Waals surface area contributed by atoms with Gasteiger partial charge in [0.15, 0.2) is 0 Å². The predicted octanol–water partition coefficient (Wildman–Crippen LogP) is 1.34. The second-order valence-electron chi connectivity index (χ2n) is 4.20. The largest absolute Gasteiger partial charge is 0.376 e. The monoisotopic (exact) mass is 277 g/mol. The maximum absolute atomic E-state index is 11.7. The van der Waals surface area contributed by atoms with Crippen molar-refractivity contribution in [3.05, 3.63) is 23.9 Å². The average Bonchev–Trinajstić information content (AvgIpc) is 2.96. The van der Waals surface area contributed by atoms with Gasteiger partial charge in [0.25, 0.3) is 0 Å². The Morgan fingerprint density at radius 3 is 3.32 bits per heavy atom. The Bertz CT molecular complexity index is 481. The van der Waals surface area contributed by atoms with Crippen LogP contribution in [0.4, 0.5) is 0 Å². The van der Waals surface area contributed by atoms with Crippen LogP contribution >= 0.6 is 11.8 Å². The minimum absolute atomic E-state index is 0.0601. The molecule has 0 aliphatic carbocycles. The molecule has 0 saturated carbocycles. The van der Waals surface area contributed by atoms with Crippen molar-refractivity contribution in [3.63, 3.8) is 0 Å². The zero-order valence-corrected chi connectivity index (χ0v) is 11.3. The molecule has 0 bridgehead atoms. The number of nitriles is 1. The van der Waals surface area contributed by atoms with E-state index in [0.29, 0.717) is 17.1 Å². The molecule has 6 heteroatoms. The summed E-state index contributed by atoms with van der Waals surface area (Å²) in [6.07, 6.45) is 3.84.